The zero-order valence-electron chi connectivity index (χ0n) is 8.24. The van der Waals surface area contributed by atoms with Crippen molar-refractivity contribution in [3.63, 3.8) is 0 Å². The molecule has 1 fully saturated rings. The average molecular weight is 192 g/mol. The van der Waals surface area contributed by atoms with Crippen LogP contribution in [0.3, 0.4) is 0 Å². The quantitative estimate of drug-likeness (QED) is 0.760. The SMILES string of the molecule is OCCCc1ccc(C2(O)CC2)cc1. The van der Waals surface area contributed by atoms with Gasteiger partial charge in [-0.3, -0.25) is 0 Å². The van der Waals surface area contributed by atoms with Gasteiger partial charge in [0.05, 0.1) is 5.60 Å². The molecule has 2 nitrogen and oxygen atoms in total. The van der Waals surface area contributed by atoms with Crippen LogP contribution in [-0.2, 0) is 12.0 Å². The molecular weight excluding hydrogens is 176 g/mol. The van der Waals surface area contributed by atoms with Crippen LogP contribution < -0.4 is 0 Å². The topological polar surface area (TPSA) is 40.5 Å². The van der Waals surface area contributed by atoms with Crippen LogP contribution in [0.25, 0.3) is 0 Å². The van der Waals surface area contributed by atoms with Crippen LogP contribution in [0.2, 0.25) is 0 Å². The normalized spacial score (nSPS) is 18.1. The molecule has 2 heteroatoms. The molecule has 0 saturated heterocycles. The van der Waals surface area contributed by atoms with Crippen LogP contribution >= 0.6 is 0 Å². The van der Waals surface area contributed by atoms with Gasteiger partial charge < -0.3 is 10.2 Å². The molecule has 0 spiro atoms. The molecule has 14 heavy (non-hydrogen) atoms. The molecular formula is C12H16O2. The zero-order valence-corrected chi connectivity index (χ0v) is 8.24. The molecule has 0 amide bonds. The highest BCUT2D eigenvalue weighted by atomic mass is 16.3. The van der Waals surface area contributed by atoms with Crippen LogP contribution in [0.4, 0.5) is 0 Å². The fourth-order valence-corrected chi connectivity index (χ4v) is 1.67. The van der Waals surface area contributed by atoms with Crippen molar-refractivity contribution in [1.29, 1.82) is 0 Å². The Hall–Kier alpha value is -0.860. The lowest BCUT2D eigenvalue weighted by Crippen LogP contribution is -2.03. The summed E-state index contributed by atoms with van der Waals surface area (Å²) in [6, 6.07) is 8.09. The maximum absolute atomic E-state index is 9.83. The molecule has 0 aromatic heterocycles. The van der Waals surface area contributed by atoms with Crippen molar-refractivity contribution in [2.45, 2.75) is 31.3 Å². The molecule has 2 rings (SSSR count). The molecule has 1 saturated carbocycles. The Labute approximate surface area is 84.2 Å². The lowest BCUT2D eigenvalue weighted by atomic mass is 10.0. The Morgan fingerprint density at radius 1 is 1.14 bits per heavy atom. The van der Waals surface area contributed by atoms with E-state index in [9.17, 15) is 5.11 Å². The second kappa shape index (κ2) is 3.71. The standard InChI is InChI=1S/C12H16O2/c13-9-1-2-10-3-5-11(6-4-10)12(14)7-8-12/h3-6,13-14H,1-2,7-9H2. The summed E-state index contributed by atoms with van der Waals surface area (Å²) in [7, 11) is 0. The van der Waals surface area contributed by atoms with Gasteiger partial charge in [-0.2, -0.15) is 0 Å². The third-order valence-corrected chi connectivity index (χ3v) is 2.84. The van der Waals surface area contributed by atoms with Crippen LogP contribution in [0.1, 0.15) is 30.4 Å². The van der Waals surface area contributed by atoms with Gasteiger partial charge in [0, 0.05) is 6.61 Å². The van der Waals surface area contributed by atoms with Gasteiger partial charge in [-0.15, -0.1) is 0 Å². The molecule has 0 bridgehead atoms. The van der Waals surface area contributed by atoms with E-state index in [1.54, 1.807) is 0 Å². The van der Waals surface area contributed by atoms with E-state index in [2.05, 4.69) is 0 Å². The van der Waals surface area contributed by atoms with Crippen LogP contribution in [0.5, 0.6) is 0 Å². The summed E-state index contributed by atoms with van der Waals surface area (Å²) in [4.78, 5) is 0. The molecule has 2 N–H and O–H groups in total. The van der Waals surface area contributed by atoms with Crippen LogP contribution in [0.15, 0.2) is 24.3 Å². The number of aliphatic hydroxyl groups excluding tert-OH is 1. The summed E-state index contributed by atoms with van der Waals surface area (Å²) >= 11 is 0. The van der Waals surface area contributed by atoms with Gasteiger partial charge >= 0.3 is 0 Å². The minimum atomic E-state index is -0.518. The Morgan fingerprint density at radius 2 is 1.79 bits per heavy atom. The van der Waals surface area contributed by atoms with Crippen molar-refractivity contribution in [1.82, 2.24) is 0 Å². The van der Waals surface area contributed by atoms with E-state index < -0.39 is 5.60 Å². The second-order valence-electron chi connectivity index (χ2n) is 4.06. The van der Waals surface area contributed by atoms with E-state index >= 15 is 0 Å². The summed E-state index contributed by atoms with van der Waals surface area (Å²) in [5.74, 6) is 0. The summed E-state index contributed by atoms with van der Waals surface area (Å²) in [6.45, 7) is 0.242. The first-order chi connectivity index (χ1) is 6.74. The third-order valence-electron chi connectivity index (χ3n) is 2.84. The fourth-order valence-electron chi connectivity index (χ4n) is 1.67. The molecule has 0 radical (unpaired) electrons. The van der Waals surface area contributed by atoms with Crippen LogP contribution in [0, 0.1) is 0 Å². The van der Waals surface area contributed by atoms with Crippen LogP contribution in [-0.4, -0.2) is 16.8 Å². The predicted octanol–water partition coefficient (Wildman–Crippen LogP) is 1.59. The van der Waals surface area contributed by atoms with E-state index in [1.807, 2.05) is 24.3 Å². The van der Waals surface area contributed by atoms with E-state index in [0.29, 0.717) is 0 Å². The summed E-state index contributed by atoms with van der Waals surface area (Å²) in [6.07, 6.45) is 3.50. The molecule has 0 atom stereocenters. The summed E-state index contributed by atoms with van der Waals surface area (Å²) < 4.78 is 0. The minimum absolute atomic E-state index is 0.242. The van der Waals surface area contributed by atoms with Crippen molar-refractivity contribution in [3.8, 4) is 0 Å². The van der Waals surface area contributed by atoms with Gasteiger partial charge in [-0.05, 0) is 36.8 Å². The maximum atomic E-state index is 9.83. The Balaban J connectivity index is 2.03. The minimum Gasteiger partial charge on any atom is -0.396 e. The summed E-state index contributed by atoms with van der Waals surface area (Å²) in [5, 5.41) is 18.5. The fraction of sp³-hybridized carbons (Fsp3) is 0.500. The third kappa shape index (κ3) is 1.97. The second-order valence-corrected chi connectivity index (χ2v) is 4.06. The smallest absolute Gasteiger partial charge is 0.0899 e. The first kappa shape index (κ1) is 9.69. The highest BCUT2D eigenvalue weighted by molar-refractivity contribution is 5.30. The van der Waals surface area contributed by atoms with E-state index in [4.69, 9.17) is 5.11 Å². The lowest BCUT2D eigenvalue weighted by molar-refractivity contribution is 0.151. The predicted molar refractivity (Wildman–Crippen MR) is 55.0 cm³/mol. The zero-order chi connectivity index (χ0) is 10.0. The van der Waals surface area contributed by atoms with Gasteiger partial charge in [-0.25, -0.2) is 0 Å². The number of hydrogen-bond acceptors (Lipinski definition) is 2. The monoisotopic (exact) mass is 192 g/mol. The van der Waals surface area contributed by atoms with Crippen molar-refractivity contribution >= 4 is 0 Å². The van der Waals surface area contributed by atoms with Gasteiger partial charge in [-0.1, -0.05) is 24.3 Å². The Kier molecular flexibility index (Phi) is 2.57. The largest absolute Gasteiger partial charge is 0.396 e. The van der Waals surface area contributed by atoms with E-state index in [-0.39, 0.29) is 6.61 Å². The van der Waals surface area contributed by atoms with Crippen molar-refractivity contribution in [3.05, 3.63) is 35.4 Å². The van der Waals surface area contributed by atoms with Gasteiger partial charge in [0.1, 0.15) is 0 Å². The molecule has 1 aliphatic rings. The Bertz CT molecular complexity index is 299. The molecule has 0 aliphatic heterocycles. The number of hydrogen-bond donors (Lipinski definition) is 2. The molecule has 1 aliphatic carbocycles. The van der Waals surface area contributed by atoms with Gasteiger partial charge in [0.25, 0.3) is 0 Å². The van der Waals surface area contributed by atoms with Gasteiger partial charge in [0.2, 0.25) is 0 Å². The molecule has 0 unspecified atom stereocenters. The molecule has 76 valence electrons. The highest BCUT2D eigenvalue weighted by Gasteiger charge is 2.41. The van der Waals surface area contributed by atoms with Crippen molar-refractivity contribution in [2.24, 2.45) is 0 Å². The number of aliphatic hydroxyl groups is 2. The lowest BCUT2D eigenvalue weighted by Gasteiger charge is -2.08. The number of benzene rings is 1. The van der Waals surface area contributed by atoms with Crippen molar-refractivity contribution < 1.29 is 10.2 Å². The van der Waals surface area contributed by atoms with E-state index in [0.717, 1.165) is 31.2 Å². The molecule has 1 aromatic rings. The summed E-state index contributed by atoms with van der Waals surface area (Å²) in [5.41, 5.74) is 1.74. The average Bonchev–Trinajstić information content (AvgIpc) is 2.96. The first-order valence-corrected chi connectivity index (χ1v) is 5.17. The molecule has 0 heterocycles. The van der Waals surface area contributed by atoms with Gasteiger partial charge in [0.15, 0.2) is 0 Å². The maximum Gasteiger partial charge on any atom is 0.0899 e. The number of aryl methyl sites for hydroxylation is 1. The molecule has 1 aromatic carbocycles. The van der Waals surface area contributed by atoms with E-state index in [1.165, 1.54) is 5.56 Å². The Morgan fingerprint density at radius 3 is 2.29 bits per heavy atom. The number of rotatable bonds is 4. The van der Waals surface area contributed by atoms with Crippen molar-refractivity contribution in [2.75, 3.05) is 6.61 Å². The first-order valence-electron chi connectivity index (χ1n) is 5.17. The highest BCUT2D eigenvalue weighted by Crippen LogP contribution is 2.45.